The molecule has 0 spiro atoms. The predicted octanol–water partition coefficient (Wildman–Crippen LogP) is 2.86. The standard InChI is InChI=1S/C18H20BrNO4/c1-18(22,13-7-9-14(19)10-8-13)12-20-17(21)11-24-16-6-4-3-5-15(16)23-2/h3-10,22H,11-12H2,1-2H3,(H,20,21). The summed E-state index contributed by atoms with van der Waals surface area (Å²) in [6.07, 6.45) is 0. The van der Waals surface area contributed by atoms with Gasteiger partial charge in [0.15, 0.2) is 18.1 Å². The van der Waals surface area contributed by atoms with Gasteiger partial charge in [-0.15, -0.1) is 0 Å². The van der Waals surface area contributed by atoms with Crippen LogP contribution in [0.1, 0.15) is 12.5 Å². The highest BCUT2D eigenvalue weighted by atomic mass is 79.9. The normalized spacial score (nSPS) is 13.0. The van der Waals surface area contributed by atoms with Crippen molar-refractivity contribution in [3.8, 4) is 11.5 Å². The Kier molecular flexibility index (Phi) is 6.23. The van der Waals surface area contributed by atoms with E-state index in [1.807, 2.05) is 30.3 Å². The maximum atomic E-state index is 12.0. The summed E-state index contributed by atoms with van der Waals surface area (Å²) in [6, 6.07) is 14.4. The Morgan fingerprint density at radius 3 is 2.42 bits per heavy atom. The van der Waals surface area contributed by atoms with Crippen LogP contribution in [0.15, 0.2) is 53.0 Å². The topological polar surface area (TPSA) is 67.8 Å². The molecule has 1 atom stereocenters. The number of hydrogen-bond donors (Lipinski definition) is 2. The molecule has 0 radical (unpaired) electrons. The number of carbonyl (C=O) groups is 1. The Morgan fingerprint density at radius 2 is 1.79 bits per heavy atom. The molecule has 0 aliphatic rings. The number of methoxy groups -OCH3 is 1. The van der Waals surface area contributed by atoms with Gasteiger partial charge in [-0.05, 0) is 36.8 Å². The summed E-state index contributed by atoms with van der Waals surface area (Å²) in [5, 5.41) is 13.2. The molecule has 0 aliphatic heterocycles. The first kappa shape index (κ1) is 18.3. The van der Waals surface area contributed by atoms with Crippen molar-refractivity contribution in [2.75, 3.05) is 20.3 Å². The molecular weight excluding hydrogens is 374 g/mol. The van der Waals surface area contributed by atoms with Crippen molar-refractivity contribution >= 4 is 21.8 Å². The maximum absolute atomic E-state index is 12.0. The van der Waals surface area contributed by atoms with Crippen molar-refractivity contribution in [2.24, 2.45) is 0 Å². The number of hydrogen-bond acceptors (Lipinski definition) is 4. The molecule has 0 aliphatic carbocycles. The highest BCUT2D eigenvalue weighted by Gasteiger charge is 2.23. The molecule has 1 amide bonds. The largest absolute Gasteiger partial charge is 0.493 e. The summed E-state index contributed by atoms with van der Waals surface area (Å²) in [5.74, 6) is 0.736. The zero-order chi connectivity index (χ0) is 17.6. The number of amides is 1. The summed E-state index contributed by atoms with van der Waals surface area (Å²) >= 11 is 3.35. The van der Waals surface area contributed by atoms with E-state index in [2.05, 4.69) is 21.2 Å². The third-order valence-corrected chi connectivity index (χ3v) is 4.05. The van der Waals surface area contributed by atoms with Gasteiger partial charge in [-0.25, -0.2) is 0 Å². The smallest absolute Gasteiger partial charge is 0.258 e. The lowest BCUT2D eigenvalue weighted by Gasteiger charge is -2.24. The van der Waals surface area contributed by atoms with E-state index in [1.165, 1.54) is 7.11 Å². The predicted molar refractivity (Wildman–Crippen MR) is 95.2 cm³/mol. The summed E-state index contributed by atoms with van der Waals surface area (Å²) in [4.78, 5) is 12.0. The second-order valence-corrected chi connectivity index (χ2v) is 6.41. The lowest BCUT2D eigenvalue weighted by atomic mass is 9.96. The van der Waals surface area contributed by atoms with E-state index < -0.39 is 5.60 Å². The van der Waals surface area contributed by atoms with Gasteiger partial charge < -0.3 is 19.9 Å². The van der Waals surface area contributed by atoms with Gasteiger partial charge in [0.05, 0.1) is 13.7 Å². The second-order valence-electron chi connectivity index (χ2n) is 5.50. The van der Waals surface area contributed by atoms with Crippen LogP contribution in [-0.2, 0) is 10.4 Å². The van der Waals surface area contributed by atoms with E-state index in [9.17, 15) is 9.90 Å². The number of halogens is 1. The third kappa shape index (κ3) is 4.97. The molecule has 0 heterocycles. The van der Waals surface area contributed by atoms with Crippen molar-refractivity contribution in [2.45, 2.75) is 12.5 Å². The molecule has 2 aromatic carbocycles. The first-order chi connectivity index (χ1) is 11.4. The minimum atomic E-state index is -1.17. The first-order valence-electron chi connectivity index (χ1n) is 7.43. The molecule has 5 nitrogen and oxygen atoms in total. The molecule has 24 heavy (non-hydrogen) atoms. The Balaban J connectivity index is 1.87. The molecular formula is C18H20BrNO4. The minimum Gasteiger partial charge on any atom is -0.493 e. The van der Waals surface area contributed by atoms with Gasteiger partial charge in [0.1, 0.15) is 5.60 Å². The monoisotopic (exact) mass is 393 g/mol. The Bertz CT molecular complexity index is 686. The summed E-state index contributed by atoms with van der Waals surface area (Å²) < 4.78 is 11.5. The van der Waals surface area contributed by atoms with Crippen LogP contribution < -0.4 is 14.8 Å². The zero-order valence-corrected chi connectivity index (χ0v) is 15.2. The first-order valence-corrected chi connectivity index (χ1v) is 8.22. The maximum Gasteiger partial charge on any atom is 0.258 e. The van der Waals surface area contributed by atoms with Gasteiger partial charge in [-0.3, -0.25) is 4.79 Å². The van der Waals surface area contributed by atoms with Crippen LogP contribution in [0.5, 0.6) is 11.5 Å². The average molecular weight is 394 g/mol. The number of para-hydroxylation sites is 2. The number of nitrogens with one attached hydrogen (secondary N) is 1. The van der Waals surface area contributed by atoms with Gasteiger partial charge in [0.25, 0.3) is 5.91 Å². The van der Waals surface area contributed by atoms with E-state index >= 15 is 0 Å². The van der Waals surface area contributed by atoms with E-state index in [-0.39, 0.29) is 19.1 Å². The minimum absolute atomic E-state index is 0.0861. The Morgan fingerprint density at radius 1 is 1.17 bits per heavy atom. The number of rotatable bonds is 7. The molecule has 0 aromatic heterocycles. The molecule has 1 unspecified atom stereocenters. The fourth-order valence-electron chi connectivity index (χ4n) is 2.11. The fraction of sp³-hybridized carbons (Fsp3) is 0.278. The second kappa shape index (κ2) is 8.17. The molecule has 6 heteroatoms. The molecule has 0 saturated heterocycles. The lowest BCUT2D eigenvalue weighted by molar-refractivity contribution is -0.124. The van der Waals surface area contributed by atoms with Crippen LogP contribution in [0.4, 0.5) is 0 Å². The van der Waals surface area contributed by atoms with Gasteiger partial charge >= 0.3 is 0 Å². The number of carbonyl (C=O) groups excluding carboxylic acids is 1. The highest BCUT2D eigenvalue weighted by Crippen LogP contribution is 2.25. The summed E-state index contributed by atoms with van der Waals surface area (Å²) in [6.45, 7) is 1.58. The Labute approximate surface area is 149 Å². The SMILES string of the molecule is COc1ccccc1OCC(=O)NCC(C)(O)c1ccc(Br)cc1. The molecule has 2 aromatic rings. The molecule has 2 N–H and O–H groups in total. The van der Waals surface area contributed by atoms with Crippen LogP contribution in [0.2, 0.25) is 0 Å². The number of benzene rings is 2. The molecule has 2 rings (SSSR count). The van der Waals surface area contributed by atoms with Crippen molar-refractivity contribution in [1.29, 1.82) is 0 Å². The molecule has 0 bridgehead atoms. The van der Waals surface area contributed by atoms with Crippen molar-refractivity contribution < 1.29 is 19.4 Å². The van der Waals surface area contributed by atoms with Crippen LogP contribution in [0, 0.1) is 0 Å². The lowest BCUT2D eigenvalue weighted by Crippen LogP contribution is -2.40. The highest BCUT2D eigenvalue weighted by molar-refractivity contribution is 9.10. The summed E-state index contributed by atoms with van der Waals surface area (Å²) in [7, 11) is 1.54. The van der Waals surface area contributed by atoms with Gasteiger partial charge in [0.2, 0.25) is 0 Å². The number of ether oxygens (including phenoxy) is 2. The quantitative estimate of drug-likeness (QED) is 0.758. The van der Waals surface area contributed by atoms with Gasteiger partial charge in [0, 0.05) is 4.47 Å². The molecule has 128 valence electrons. The number of aliphatic hydroxyl groups is 1. The van der Waals surface area contributed by atoms with E-state index in [0.717, 1.165) is 10.0 Å². The Hall–Kier alpha value is -2.05. The van der Waals surface area contributed by atoms with Crippen LogP contribution in [-0.4, -0.2) is 31.3 Å². The molecule has 0 fully saturated rings. The van der Waals surface area contributed by atoms with E-state index in [4.69, 9.17) is 9.47 Å². The summed E-state index contributed by atoms with van der Waals surface area (Å²) in [5.41, 5.74) is -0.447. The van der Waals surface area contributed by atoms with Crippen LogP contribution in [0.3, 0.4) is 0 Å². The average Bonchev–Trinajstić information content (AvgIpc) is 2.59. The van der Waals surface area contributed by atoms with Gasteiger partial charge in [-0.1, -0.05) is 40.2 Å². The van der Waals surface area contributed by atoms with Gasteiger partial charge in [-0.2, -0.15) is 0 Å². The van der Waals surface area contributed by atoms with Crippen LogP contribution in [0.25, 0.3) is 0 Å². The molecule has 0 saturated carbocycles. The van der Waals surface area contributed by atoms with Crippen molar-refractivity contribution in [3.05, 3.63) is 58.6 Å². The third-order valence-electron chi connectivity index (χ3n) is 3.52. The van der Waals surface area contributed by atoms with E-state index in [1.54, 1.807) is 25.1 Å². The fourth-order valence-corrected chi connectivity index (χ4v) is 2.38. The zero-order valence-electron chi connectivity index (χ0n) is 13.6. The van der Waals surface area contributed by atoms with E-state index in [0.29, 0.717) is 11.5 Å². The van der Waals surface area contributed by atoms with Crippen molar-refractivity contribution in [1.82, 2.24) is 5.32 Å². The van der Waals surface area contributed by atoms with Crippen LogP contribution >= 0.6 is 15.9 Å². The van der Waals surface area contributed by atoms with Crippen molar-refractivity contribution in [3.63, 3.8) is 0 Å².